The van der Waals surface area contributed by atoms with Crippen molar-refractivity contribution in [3.8, 4) is 5.75 Å². The molecule has 2 heterocycles. The number of likely N-dealkylation sites (tertiary alicyclic amines) is 1. The third kappa shape index (κ3) is 3.63. The van der Waals surface area contributed by atoms with Crippen LogP contribution in [0.4, 0.5) is 4.39 Å². The van der Waals surface area contributed by atoms with Crippen LogP contribution in [0.3, 0.4) is 0 Å². The van der Waals surface area contributed by atoms with E-state index in [2.05, 4.69) is 10.6 Å². The van der Waals surface area contributed by atoms with E-state index in [0.29, 0.717) is 30.0 Å². The first-order chi connectivity index (χ1) is 15.9. The van der Waals surface area contributed by atoms with Crippen LogP contribution in [-0.4, -0.2) is 61.6 Å². The second-order valence-electron chi connectivity index (χ2n) is 8.97. The van der Waals surface area contributed by atoms with E-state index < -0.39 is 24.6 Å². The van der Waals surface area contributed by atoms with Crippen LogP contribution in [0.2, 0.25) is 0 Å². The Hall–Kier alpha value is -3.42. The number of benzene rings is 2. The molecule has 1 aliphatic carbocycles. The number of nitrogens with zero attached hydrogens (tertiary/aromatic N) is 1. The molecule has 5 rings (SSSR count). The molecular formula is C25H26FN3O4. The number of rotatable bonds is 5. The number of amides is 3. The number of carbonyl (C=O) groups is 3. The third-order valence-electron chi connectivity index (χ3n) is 7.08. The summed E-state index contributed by atoms with van der Waals surface area (Å²) in [6.07, 6.45) is -0.774. The molecule has 2 unspecified atom stereocenters. The maximum absolute atomic E-state index is 13.9. The molecule has 2 fully saturated rings. The maximum atomic E-state index is 13.9. The van der Waals surface area contributed by atoms with Crippen LogP contribution in [0.25, 0.3) is 0 Å². The summed E-state index contributed by atoms with van der Waals surface area (Å²) in [5.41, 5.74) is 2.05. The van der Waals surface area contributed by atoms with Crippen molar-refractivity contribution in [3.63, 3.8) is 0 Å². The van der Waals surface area contributed by atoms with E-state index in [1.807, 2.05) is 30.3 Å². The van der Waals surface area contributed by atoms with Gasteiger partial charge in [-0.25, -0.2) is 4.39 Å². The van der Waals surface area contributed by atoms with Gasteiger partial charge >= 0.3 is 0 Å². The van der Waals surface area contributed by atoms with E-state index >= 15 is 0 Å². The van der Waals surface area contributed by atoms with E-state index in [0.717, 1.165) is 5.56 Å². The summed E-state index contributed by atoms with van der Waals surface area (Å²) in [4.78, 5) is 39.2. The van der Waals surface area contributed by atoms with Crippen molar-refractivity contribution in [2.45, 2.75) is 25.0 Å². The molecule has 172 valence electrons. The van der Waals surface area contributed by atoms with Gasteiger partial charge in [-0.3, -0.25) is 14.4 Å². The standard InChI is InChI=1S/C25H26FN3O4/c1-13(30)29-11-18-19(12-29)22(18)28-24(31)15-8-16-21(14-6-4-3-5-7-14)20(10-26)33-23(16)17(9-15)25(32)27-2/h3-9,18-22H,10-12H2,1-2H3,(H,27,32)(H,28,31)/t18-,19+,20?,21?,22+. The Morgan fingerprint density at radius 1 is 1.09 bits per heavy atom. The summed E-state index contributed by atoms with van der Waals surface area (Å²) in [7, 11) is 1.50. The molecule has 2 N–H and O–H groups in total. The summed E-state index contributed by atoms with van der Waals surface area (Å²) >= 11 is 0. The molecule has 0 radical (unpaired) electrons. The van der Waals surface area contributed by atoms with Gasteiger partial charge in [0.05, 0.1) is 11.5 Å². The lowest BCUT2D eigenvalue weighted by molar-refractivity contribution is -0.128. The molecule has 7 nitrogen and oxygen atoms in total. The second kappa shape index (κ2) is 8.17. The average molecular weight is 451 g/mol. The van der Waals surface area contributed by atoms with Crippen molar-refractivity contribution in [1.82, 2.24) is 15.5 Å². The number of carbonyl (C=O) groups excluding carboxylic acids is 3. The lowest BCUT2D eigenvalue weighted by Gasteiger charge is -2.18. The summed E-state index contributed by atoms with van der Waals surface area (Å²) in [5, 5.41) is 5.65. The monoisotopic (exact) mass is 451 g/mol. The molecule has 1 saturated carbocycles. The van der Waals surface area contributed by atoms with E-state index in [4.69, 9.17) is 4.74 Å². The molecule has 8 heteroatoms. The smallest absolute Gasteiger partial charge is 0.254 e. The molecule has 0 bridgehead atoms. The topological polar surface area (TPSA) is 87.7 Å². The van der Waals surface area contributed by atoms with E-state index in [-0.39, 0.29) is 35.3 Å². The fourth-order valence-corrected chi connectivity index (χ4v) is 5.28. The van der Waals surface area contributed by atoms with Crippen molar-refractivity contribution in [1.29, 1.82) is 0 Å². The molecule has 5 atom stereocenters. The Morgan fingerprint density at radius 3 is 2.39 bits per heavy atom. The zero-order valence-corrected chi connectivity index (χ0v) is 18.5. The fraction of sp³-hybridized carbons (Fsp3) is 0.400. The molecule has 0 spiro atoms. The Morgan fingerprint density at radius 2 is 1.79 bits per heavy atom. The van der Waals surface area contributed by atoms with Crippen LogP contribution in [0.15, 0.2) is 42.5 Å². The van der Waals surface area contributed by atoms with Crippen molar-refractivity contribution in [2.24, 2.45) is 11.8 Å². The zero-order chi connectivity index (χ0) is 23.3. The minimum absolute atomic E-state index is 0.0181. The first-order valence-electron chi connectivity index (χ1n) is 11.2. The van der Waals surface area contributed by atoms with Gasteiger partial charge in [0.2, 0.25) is 5.91 Å². The second-order valence-corrected chi connectivity index (χ2v) is 8.97. The first-order valence-corrected chi connectivity index (χ1v) is 11.2. The van der Waals surface area contributed by atoms with E-state index in [9.17, 15) is 18.8 Å². The number of hydrogen-bond acceptors (Lipinski definition) is 4. The lowest BCUT2D eigenvalue weighted by Crippen LogP contribution is -2.36. The van der Waals surface area contributed by atoms with Gasteiger partial charge in [-0.1, -0.05) is 30.3 Å². The number of nitrogens with one attached hydrogen (secondary N) is 2. The Kier molecular flexibility index (Phi) is 5.31. The van der Waals surface area contributed by atoms with Crippen LogP contribution in [-0.2, 0) is 4.79 Å². The first kappa shape index (κ1) is 21.4. The SMILES string of the molecule is CNC(=O)c1cc(C(=O)N[C@H]2[C@@H]3CN(C(C)=O)C[C@@H]32)cc2c1OC(CF)C2c1ccccc1. The van der Waals surface area contributed by atoms with Crippen molar-refractivity contribution >= 4 is 17.7 Å². The number of alkyl halides is 1. The zero-order valence-electron chi connectivity index (χ0n) is 18.5. The highest BCUT2D eigenvalue weighted by molar-refractivity contribution is 6.02. The Balaban J connectivity index is 1.46. The number of halogens is 1. The quantitative estimate of drug-likeness (QED) is 0.729. The largest absolute Gasteiger partial charge is 0.486 e. The minimum Gasteiger partial charge on any atom is -0.486 e. The van der Waals surface area contributed by atoms with Gasteiger partial charge in [0.15, 0.2) is 0 Å². The molecule has 1 saturated heterocycles. The highest BCUT2D eigenvalue weighted by Gasteiger charge is 2.57. The Labute approximate surface area is 191 Å². The summed E-state index contributed by atoms with van der Waals surface area (Å²) in [6.45, 7) is 2.14. The highest BCUT2D eigenvalue weighted by Crippen LogP contribution is 2.47. The minimum atomic E-state index is -0.774. The Bertz CT molecular complexity index is 1110. The number of hydrogen-bond donors (Lipinski definition) is 2. The third-order valence-corrected chi connectivity index (χ3v) is 7.08. The normalized spacial score (nSPS) is 26.8. The summed E-state index contributed by atoms with van der Waals surface area (Å²) in [5.74, 6) is -0.200. The van der Waals surface area contributed by atoms with E-state index in [1.165, 1.54) is 13.1 Å². The summed E-state index contributed by atoms with van der Waals surface area (Å²) in [6, 6.07) is 12.6. The number of fused-ring (bicyclic) bond motifs is 2. The van der Waals surface area contributed by atoms with Gasteiger partial charge in [-0.05, 0) is 17.7 Å². The molecule has 0 aromatic heterocycles. The van der Waals surface area contributed by atoms with Gasteiger partial charge in [-0.15, -0.1) is 0 Å². The van der Waals surface area contributed by atoms with Gasteiger partial charge in [0.25, 0.3) is 11.8 Å². The molecule has 2 aromatic carbocycles. The predicted octanol–water partition coefficient (Wildman–Crippen LogP) is 2.12. The van der Waals surface area contributed by atoms with Crippen LogP contribution in [0.5, 0.6) is 5.75 Å². The molecule has 2 aliphatic heterocycles. The average Bonchev–Trinajstić information content (AvgIpc) is 3.18. The molecule has 33 heavy (non-hydrogen) atoms. The maximum Gasteiger partial charge on any atom is 0.254 e. The van der Waals surface area contributed by atoms with Crippen molar-refractivity contribution in [2.75, 3.05) is 26.8 Å². The van der Waals surface area contributed by atoms with E-state index in [1.54, 1.807) is 17.9 Å². The van der Waals surface area contributed by atoms with Crippen LogP contribution < -0.4 is 15.4 Å². The predicted molar refractivity (Wildman–Crippen MR) is 119 cm³/mol. The van der Waals surface area contributed by atoms with Crippen LogP contribution in [0.1, 0.15) is 44.7 Å². The van der Waals surface area contributed by atoms with Gasteiger partial charge in [-0.2, -0.15) is 0 Å². The van der Waals surface area contributed by atoms with Crippen LogP contribution in [0, 0.1) is 11.8 Å². The van der Waals surface area contributed by atoms with Gasteiger partial charge in [0, 0.05) is 56.1 Å². The van der Waals surface area contributed by atoms with Crippen molar-refractivity contribution in [3.05, 3.63) is 64.7 Å². The van der Waals surface area contributed by atoms with Gasteiger partial charge in [0.1, 0.15) is 18.5 Å². The molecule has 3 amide bonds. The molecule has 2 aromatic rings. The fourth-order valence-electron chi connectivity index (χ4n) is 5.28. The number of piperidine rings is 1. The molecule has 3 aliphatic rings. The summed E-state index contributed by atoms with van der Waals surface area (Å²) < 4.78 is 19.8. The van der Waals surface area contributed by atoms with Gasteiger partial charge < -0.3 is 20.3 Å². The lowest BCUT2D eigenvalue weighted by atomic mass is 9.86. The van der Waals surface area contributed by atoms with Crippen LogP contribution >= 0.6 is 0 Å². The molecular weight excluding hydrogens is 425 g/mol. The number of ether oxygens (including phenoxy) is 1. The highest BCUT2D eigenvalue weighted by atomic mass is 19.1. The van der Waals surface area contributed by atoms with Crippen molar-refractivity contribution < 1.29 is 23.5 Å².